The van der Waals surface area contributed by atoms with Crippen LogP contribution in [0.5, 0.6) is 0 Å². The van der Waals surface area contributed by atoms with Crippen molar-refractivity contribution in [2.75, 3.05) is 6.54 Å². The van der Waals surface area contributed by atoms with Crippen molar-refractivity contribution in [3.63, 3.8) is 0 Å². The Kier molecular flexibility index (Phi) is 4.67. The fourth-order valence-corrected chi connectivity index (χ4v) is 4.71. The number of halogens is 1. The van der Waals surface area contributed by atoms with Crippen LogP contribution < -0.4 is 0 Å². The van der Waals surface area contributed by atoms with Crippen molar-refractivity contribution >= 4 is 28.5 Å². The number of hydrogen-bond donors (Lipinski definition) is 0. The summed E-state index contributed by atoms with van der Waals surface area (Å²) in [5, 5.41) is 9.60. The van der Waals surface area contributed by atoms with Crippen LogP contribution in [0, 0.1) is 5.92 Å². The summed E-state index contributed by atoms with van der Waals surface area (Å²) in [5.41, 5.74) is 1.48. The van der Waals surface area contributed by atoms with Crippen LogP contribution >= 0.6 is 11.6 Å². The lowest BCUT2D eigenvalue weighted by atomic mass is 9.78. The molecule has 4 rings (SSSR count). The van der Waals surface area contributed by atoms with E-state index in [4.69, 9.17) is 11.6 Å². The fourth-order valence-electron chi connectivity index (χ4n) is 4.50. The Morgan fingerprint density at radius 1 is 1.24 bits per heavy atom. The Hall–Kier alpha value is -1.62. The maximum absolute atomic E-state index is 12.9. The second kappa shape index (κ2) is 6.94. The van der Waals surface area contributed by atoms with Gasteiger partial charge in [0.15, 0.2) is 0 Å². The molecule has 0 bridgehead atoms. The van der Waals surface area contributed by atoms with Gasteiger partial charge >= 0.3 is 0 Å². The number of rotatable bonds is 3. The van der Waals surface area contributed by atoms with Crippen LogP contribution in [0.1, 0.15) is 57.9 Å². The minimum atomic E-state index is -0.0695. The molecule has 0 spiro atoms. The summed E-state index contributed by atoms with van der Waals surface area (Å²) in [6, 6.07) is 5.98. The number of hydrogen-bond acceptors (Lipinski definition) is 3. The molecule has 2 heterocycles. The zero-order valence-electron chi connectivity index (χ0n) is 14.7. The molecule has 5 nitrogen and oxygen atoms in total. The van der Waals surface area contributed by atoms with Crippen molar-refractivity contribution in [1.82, 2.24) is 19.9 Å². The first-order valence-electron chi connectivity index (χ1n) is 9.44. The third-order valence-corrected chi connectivity index (χ3v) is 6.11. The highest BCUT2D eigenvalue weighted by Gasteiger charge is 2.36. The molecular weight excluding hydrogens is 336 g/mol. The van der Waals surface area contributed by atoms with Gasteiger partial charge in [-0.05, 0) is 50.7 Å². The minimum Gasteiger partial charge on any atom is -0.339 e. The van der Waals surface area contributed by atoms with E-state index in [1.807, 2.05) is 25.1 Å². The molecule has 3 unspecified atom stereocenters. The Labute approximate surface area is 153 Å². The third kappa shape index (κ3) is 3.26. The maximum atomic E-state index is 12.9. The lowest BCUT2D eigenvalue weighted by Crippen LogP contribution is -2.50. The SMILES string of the molecule is CC(CC(=O)N1CCCC2CCCCC21)n1nc2cccc(Cl)c2n1. The first-order valence-corrected chi connectivity index (χ1v) is 9.82. The third-order valence-electron chi connectivity index (χ3n) is 5.81. The summed E-state index contributed by atoms with van der Waals surface area (Å²) in [6.07, 6.45) is 7.91. The summed E-state index contributed by atoms with van der Waals surface area (Å²) >= 11 is 6.19. The summed E-state index contributed by atoms with van der Waals surface area (Å²) < 4.78 is 0. The first-order chi connectivity index (χ1) is 12.1. The van der Waals surface area contributed by atoms with Crippen LogP contribution in [0.15, 0.2) is 18.2 Å². The number of benzene rings is 1. The van der Waals surface area contributed by atoms with Gasteiger partial charge in [0, 0.05) is 12.6 Å². The monoisotopic (exact) mass is 360 g/mol. The highest BCUT2D eigenvalue weighted by atomic mass is 35.5. The highest BCUT2D eigenvalue weighted by Crippen LogP contribution is 2.36. The van der Waals surface area contributed by atoms with E-state index in [1.54, 1.807) is 4.80 Å². The number of piperidine rings is 1. The molecule has 1 aliphatic heterocycles. The topological polar surface area (TPSA) is 51.0 Å². The molecule has 2 fully saturated rings. The van der Waals surface area contributed by atoms with Crippen LogP contribution in [-0.2, 0) is 4.79 Å². The van der Waals surface area contributed by atoms with Crippen molar-refractivity contribution in [2.24, 2.45) is 5.92 Å². The molecule has 134 valence electrons. The second-order valence-corrected chi connectivity index (χ2v) is 7.93. The van der Waals surface area contributed by atoms with Gasteiger partial charge in [0.2, 0.25) is 5.91 Å². The number of nitrogens with zero attached hydrogens (tertiary/aromatic N) is 4. The normalized spacial score (nSPS) is 25.0. The van der Waals surface area contributed by atoms with E-state index in [0.717, 1.165) is 18.5 Å². The van der Waals surface area contributed by atoms with Gasteiger partial charge in [-0.15, -0.1) is 0 Å². The minimum absolute atomic E-state index is 0.0695. The van der Waals surface area contributed by atoms with Gasteiger partial charge in [-0.3, -0.25) is 4.79 Å². The molecule has 1 saturated heterocycles. The molecule has 1 saturated carbocycles. The van der Waals surface area contributed by atoms with E-state index in [0.29, 0.717) is 28.9 Å². The highest BCUT2D eigenvalue weighted by molar-refractivity contribution is 6.34. The molecule has 1 amide bonds. The van der Waals surface area contributed by atoms with Gasteiger partial charge in [0.05, 0.1) is 17.5 Å². The van der Waals surface area contributed by atoms with E-state index in [-0.39, 0.29) is 11.9 Å². The predicted octanol–water partition coefficient (Wildman–Crippen LogP) is 4.22. The number of carbonyl (C=O) groups is 1. The maximum Gasteiger partial charge on any atom is 0.225 e. The molecule has 0 N–H and O–H groups in total. The molecule has 25 heavy (non-hydrogen) atoms. The Morgan fingerprint density at radius 2 is 2.04 bits per heavy atom. The van der Waals surface area contributed by atoms with Crippen LogP contribution in [-0.4, -0.2) is 38.4 Å². The summed E-state index contributed by atoms with van der Waals surface area (Å²) in [6.45, 7) is 2.92. The number of fused-ring (bicyclic) bond motifs is 2. The molecule has 6 heteroatoms. The number of likely N-dealkylation sites (tertiary alicyclic amines) is 1. The van der Waals surface area contributed by atoms with E-state index < -0.39 is 0 Å². The largest absolute Gasteiger partial charge is 0.339 e. The van der Waals surface area contributed by atoms with E-state index in [9.17, 15) is 4.79 Å². The fraction of sp³-hybridized carbons (Fsp3) is 0.632. The van der Waals surface area contributed by atoms with Crippen LogP contribution in [0.3, 0.4) is 0 Å². The van der Waals surface area contributed by atoms with Gasteiger partial charge in [-0.2, -0.15) is 15.0 Å². The molecule has 1 aromatic heterocycles. The van der Waals surface area contributed by atoms with E-state index in [1.165, 1.54) is 32.1 Å². The van der Waals surface area contributed by atoms with Crippen molar-refractivity contribution in [3.05, 3.63) is 23.2 Å². The van der Waals surface area contributed by atoms with E-state index in [2.05, 4.69) is 15.1 Å². The number of aromatic nitrogens is 3. The predicted molar refractivity (Wildman–Crippen MR) is 98.6 cm³/mol. The molecule has 2 aromatic rings. The number of carbonyl (C=O) groups excluding carboxylic acids is 1. The first kappa shape index (κ1) is 16.8. The molecule has 3 atom stereocenters. The lowest BCUT2D eigenvalue weighted by molar-refractivity contribution is -0.138. The van der Waals surface area contributed by atoms with Crippen LogP contribution in [0.25, 0.3) is 11.0 Å². The van der Waals surface area contributed by atoms with Gasteiger partial charge in [0.25, 0.3) is 0 Å². The molecule has 1 aromatic carbocycles. The molecular formula is C19H25ClN4O. The van der Waals surface area contributed by atoms with Crippen molar-refractivity contribution < 1.29 is 4.79 Å². The Morgan fingerprint density at radius 3 is 2.88 bits per heavy atom. The lowest BCUT2D eigenvalue weighted by Gasteiger charge is -2.44. The van der Waals surface area contributed by atoms with Gasteiger partial charge < -0.3 is 4.90 Å². The van der Waals surface area contributed by atoms with Gasteiger partial charge in [0.1, 0.15) is 11.0 Å². The average Bonchev–Trinajstić information content (AvgIpc) is 3.07. The molecule has 1 aliphatic carbocycles. The van der Waals surface area contributed by atoms with Crippen molar-refractivity contribution in [2.45, 2.75) is 64.0 Å². The average molecular weight is 361 g/mol. The van der Waals surface area contributed by atoms with Crippen LogP contribution in [0.2, 0.25) is 5.02 Å². The van der Waals surface area contributed by atoms with Gasteiger partial charge in [-0.1, -0.05) is 30.5 Å². The summed E-state index contributed by atoms with van der Waals surface area (Å²) in [4.78, 5) is 16.8. The zero-order chi connectivity index (χ0) is 17.4. The summed E-state index contributed by atoms with van der Waals surface area (Å²) in [5.74, 6) is 0.961. The standard InChI is InChI=1S/C19H25ClN4O/c1-13(24-21-16-9-4-8-15(20)19(16)22-24)12-18(25)23-11-5-7-14-6-2-3-10-17(14)23/h4,8-9,13-14,17H,2-3,5-7,10-12H2,1H3. The Balaban J connectivity index is 1.48. The van der Waals surface area contributed by atoms with Crippen molar-refractivity contribution in [1.29, 1.82) is 0 Å². The second-order valence-electron chi connectivity index (χ2n) is 7.52. The zero-order valence-corrected chi connectivity index (χ0v) is 15.5. The Bertz CT molecular complexity index is 772. The van der Waals surface area contributed by atoms with Gasteiger partial charge in [-0.25, -0.2) is 0 Å². The molecule has 2 aliphatic rings. The van der Waals surface area contributed by atoms with E-state index >= 15 is 0 Å². The molecule has 0 radical (unpaired) electrons. The van der Waals surface area contributed by atoms with Crippen molar-refractivity contribution in [3.8, 4) is 0 Å². The number of amides is 1. The quantitative estimate of drug-likeness (QED) is 0.823. The van der Waals surface area contributed by atoms with Crippen LogP contribution in [0.4, 0.5) is 0 Å². The summed E-state index contributed by atoms with van der Waals surface area (Å²) in [7, 11) is 0. The smallest absolute Gasteiger partial charge is 0.225 e.